The number of amides is 1. The fourth-order valence-electron chi connectivity index (χ4n) is 2.08. The average molecular weight is 339 g/mol. The lowest BCUT2D eigenvalue weighted by Gasteiger charge is -2.07. The number of rotatable bonds is 5. The Balaban J connectivity index is 1.60. The lowest BCUT2D eigenvalue weighted by Crippen LogP contribution is -2.13. The second kappa shape index (κ2) is 7.57. The summed E-state index contributed by atoms with van der Waals surface area (Å²) < 4.78 is 0. The highest BCUT2D eigenvalue weighted by Crippen LogP contribution is 2.15. The highest BCUT2D eigenvalue weighted by molar-refractivity contribution is 6.30. The maximum Gasteiger partial charge on any atom is 0.258 e. The van der Waals surface area contributed by atoms with Crippen LogP contribution >= 0.6 is 11.6 Å². The number of aromatic nitrogens is 2. The van der Waals surface area contributed by atoms with Gasteiger partial charge in [0, 0.05) is 29.6 Å². The predicted octanol–water partition coefficient (Wildman–Crippen LogP) is 3.99. The Kier molecular flexibility index (Phi) is 5.03. The van der Waals surface area contributed by atoms with E-state index in [0.717, 1.165) is 5.56 Å². The molecule has 24 heavy (non-hydrogen) atoms. The van der Waals surface area contributed by atoms with Crippen molar-refractivity contribution in [3.63, 3.8) is 0 Å². The molecule has 0 aliphatic rings. The van der Waals surface area contributed by atoms with E-state index in [2.05, 4.69) is 20.6 Å². The van der Waals surface area contributed by atoms with Gasteiger partial charge in [0.1, 0.15) is 0 Å². The number of hydrogen-bond donors (Lipinski definition) is 2. The van der Waals surface area contributed by atoms with Crippen LogP contribution in [0.1, 0.15) is 15.9 Å². The Morgan fingerprint density at radius 1 is 1.00 bits per heavy atom. The highest BCUT2D eigenvalue weighted by Gasteiger charge is 2.08. The molecule has 1 aromatic heterocycles. The van der Waals surface area contributed by atoms with Crippen molar-refractivity contribution < 1.29 is 4.79 Å². The molecule has 120 valence electrons. The summed E-state index contributed by atoms with van der Waals surface area (Å²) >= 11 is 5.90. The molecule has 3 aromatic rings. The zero-order valence-corrected chi connectivity index (χ0v) is 13.5. The van der Waals surface area contributed by atoms with Crippen molar-refractivity contribution in [1.82, 2.24) is 9.97 Å². The second-order valence-corrected chi connectivity index (χ2v) is 5.54. The molecule has 0 aliphatic heterocycles. The molecule has 0 aliphatic carbocycles. The van der Waals surface area contributed by atoms with E-state index in [1.54, 1.807) is 24.3 Å². The van der Waals surface area contributed by atoms with E-state index < -0.39 is 0 Å². The van der Waals surface area contributed by atoms with Gasteiger partial charge in [-0.25, -0.2) is 9.97 Å². The minimum Gasteiger partial charge on any atom is -0.350 e. The minimum atomic E-state index is -0.285. The van der Waals surface area contributed by atoms with E-state index >= 15 is 0 Å². The molecule has 1 heterocycles. The first-order valence-corrected chi connectivity index (χ1v) is 7.75. The number of anilines is 2. The summed E-state index contributed by atoms with van der Waals surface area (Å²) in [7, 11) is 0. The Morgan fingerprint density at radius 3 is 2.46 bits per heavy atom. The molecule has 0 unspecified atom stereocenters. The van der Waals surface area contributed by atoms with Crippen molar-refractivity contribution in [1.29, 1.82) is 0 Å². The second-order valence-electron chi connectivity index (χ2n) is 5.10. The molecule has 1 amide bonds. The first-order chi connectivity index (χ1) is 11.7. The van der Waals surface area contributed by atoms with Gasteiger partial charge < -0.3 is 10.6 Å². The summed E-state index contributed by atoms with van der Waals surface area (Å²) in [6, 6.07) is 16.9. The van der Waals surface area contributed by atoms with Crippen LogP contribution in [0.25, 0.3) is 0 Å². The van der Waals surface area contributed by atoms with Crippen molar-refractivity contribution >= 4 is 29.1 Å². The first-order valence-electron chi connectivity index (χ1n) is 7.37. The number of nitrogens with zero attached hydrogens (tertiary/aromatic N) is 2. The van der Waals surface area contributed by atoms with Gasteiger partial charge in [-0.2, -0.15) is 0 Å². The molecular formula is C18H15ClN4O. The topological polar surface area (TPSA) is 66.9 Å². The standard InChI is InChI=1S/C18H15ClN4O/c19-15-7-4-8-16(9-15)23-17(24)14-11-21-18(22-12-14)20-10-13-5-2-1-3-6-13/h1-9,11-12H,10H2,(H,23,24)(H,20,21,22). The van der Waals surface area contributed by atoms with Gasteiger partial charge in [0.15, 0.2) is 0 Å². The third-order valence-corrected chi connectivity index (χ3v) is 3.53. The summed E-state index contributed by atoms with van der Waals surface area (Å²) in [5, 5.41) is 6.43. The molecule has 2 N–H and O–H groups in total. The monoisotopic (exact) mass is 338 g/mol. The van der Waals surface area contributed by atoms with Crippen LogP contribution in [0.4, 0.5) is 11.6 Å². The van der Waals surface area contributed by atoms with E-state index in [4.69, 9.17) is 11.6 Å². The van der Waals surface area contributed by atoms with Gasteiger partial charge in [-0.1, -0.05) is 48.0 Å². The Labute approximate surface area is 144 Å². The molecule has 0 atom stereocenters. The Morgan fingerprint density at radius 2 is 1.75 bits per heavy atom. The van der Waals surface area contributed by atoms with Crippen LogP contribution in [0.15, 0.2) is 67.0 Å². The van der Waals surface area contributed by atoms with Gasteiger partial charge >= 0.3 is 0 Å². The van der Waals surface area contributed by atoms with Gasteiger partial charge in [-0.3, -0.25) is 4.79 Å². The zero-order chi connectivity index (χ0) is 16.8. The third kappa shape index (κ3) is 4.30. The maximum atomic E-state index is 12.2. The summed E-state index contributed by atoms with van der Waals surface area (Å²) in [6.07, 6.45) is 2.97. The number of carbonyl (C=O) groups is 1. The van der Waals surface area contributed by atoms with Gasteiger partial charge in [-0.05, 0) is 23.8 Å². The lowest BCUT2D eigenvalue weighted by molar-refractivity contribution is 0.102. The van der Waals surface area contributed by atoms with Crippen molar-refractivity contribution in [2.45, 2.75) is 6.54 Å². The molecule has 0 saturated carbocycles. The van der Waals surface area contributed by atoms with Gasteiger partial charge in [-0.15, -0.1) is 0 Å². The predicted molar refractivity (Wildman–Crippen MR) is 95.2 cm³/mol. The normalized spacial score (nSPS) is 10.2. The first kappa shape index (κ1) is 16.0. The number of hydrogen-bond acceptors (Lipinski definition) is 4. The third-order valence-electron chi connectivity index (χ3n) is 3.29. The number of halogens is 1. The van der Waals surface area contributed by atoms with Crippen molar-refractivity contribution in [2.75, 3.05) is 10.6 Å². The summed E-state index contributed by atoms with van der Waals surface area (Å²) in [6.45, 7) is 0.620. The Hall–Kier alpha value is -2.92. The van der Waals surface area contributed by atoms with Crippen molar-refractivity contribution in [3.8, 4) is 0 Å². The number of nitrogens with one attached hydrogen (secondary N) is 2. The molecule has 0 fully saturated rings. The molecule has 5 nitrogen and oxygen atoms in total. The van der Waals surface area contributed by atoms with Crippen LogP contribution < -0.4 is 10.6 Å². The Bertz CT molecular complexity index is 822. The lowest BCUT2D eigenvalue weighted by atomic mass is 10.2. The molecule has 0 bridgehead atoms. The summed E-state index contributed by atoms with van der Waals surface area (Å²) in [4.78, 5) is 20.5. The fraction of sp³-hybridized carbons (Fsp3) is 0.0556. The molecule has 0 saturated heterocycles. The molecule has 2 aromatic carbocycles. The van der Waals surface area contributed by atoms with E-state index in [0.29, 0.717) is 28.8 Å². The van der Waals surface area contributed by atoms with Crippen LogP contribution in [0.3, 0.4) is 0 Å². The van der Waals surface area contributed by atoms with Crippen LogP contribution in [0.5, 0.6) is 0 Å². The maximum absolute atomic E-state index is 12.2. The van der Waals surface area contributed by atoms with Crippen molar-refractivity contribution in [2.24, 2.45) is 0 Å². The quantitative estimate of drug-likeness (QED) is 0.738. The molecule has 3 rings (SSSR count). The molecular weight excluding hydrogens is 324 g/mol. The zero-order valence-electron chi connectivity index (χ0n) is 12.7. The van der Waals surface area contributed by atoms with Crippen LogP contribution in [-0.4, -0.2) is 15.9 Å². The number of carbonyl (C=O) groups excluding carboxylic acids is 1. The minimum absolute atomic E-state index is 0.285. The van der Waals surface area contributed by atoms with Gasteiger partial charge in [0.2, 0.25) is 5.95 Å². The van der Waals surface area contributed by atoms with Crippen LogP contribution in [0, 0.1) is 0 Å². The largest absolute Gasteiger partial charge is 0.350 e. The van der Waals surface area contributed by atoms with E-state index in [9.17, 15) is 4.79 Å². The average Bonchev–Trinajstić information content (AvgIpc) is 2.61. The molecule has 0 spiro atoms. The summed E-state index contributed by atoms with van der Waals surface area (Å²) in [5.41, 5.74) is 2.13. The van der Waals surface area contributed by atoms with E-state index in [1.165, 1.54) is 12.4 Å². The molecule has 0 radical (unpaired) electrons. The van der Waals surface area contributed by atoms with E-state index in [1.807, 2.05) is 30.3 Å². The smallest absolute Gasteiger partial charge is 0.258 e. The van der Waals surface area contributed by atoms with Crippen LogP contribution in [0.2, 0.25) is 5.02 Å². The van der Waals surface area contributed by atoms with Crippen molar-refractivity contribution in [3.05, 3.63) is 83.1 Å². The van der Waals surface area contributed by atoms with Gasteiger partial charge in [0.25, 0.3) is 5.91 Å². The van der Waals surface area contributed by atoms with E-state index in [-0.39, 0.29) is 5.91 Å². The number of benzene rings is 2. The SMILES string of the molecule is O=C(Nc1cccc(Cl)c1)c1cnc(NCc2ccccc2)nc1. The highest BCUT2D eigenvalue weighted by atomic mass is 35.5. The van der Waals surface area contributed by atoms with Gasteiger partial charge in [0.05, 0.1) is 5.56 Å². The summed E-state index contributed by atoms with van der Waals surface area (Å²) in [5.74, 6) is 0.185. The van der Waals surface area contributed by atoms with Crippen LogP contribution in [-0.2, 0) is 6.54 Å². The molecule has 6 heteroatoms. The fourth-order valence-corrected chi connectivity index (χ4v) is 2.27.